The fourth-order valence-corrected chi connectivity index (χ4v) is 5.08. The van der Waals surface area contributed by atoms with Gasteiger partial charge in [0.2, 0.25) is 0 Å². The summed E-state index contributed by atoms with van der Waals surface area (Å²) in [6.45, 7) is 2.70. The molecule has 0 bridgehead atoms. The Balaban J connectivity index is 1.38. The van der Waals surface area contributed by atoms with E-state index in [4.69, 9.17) is 0 Å². The lowest BCUT2D eigenvalue weighted by atomic mass is 9.79. The Kier molecular flexibility index (Phi) is 4.60. The Hall–Kier alpha value is -1.73. The lowest BCUT2D eigenvalue weighted by molar-refractivity contribution is 0.0909. The topological polar surface area (TPSA) is 80.0 Å². The predicted octanol–water partition coefficient (Wildman–Crippen LogP) is 2.41. The van der Waals surface area contributed by atoms with Gasteiger partial charge in [0.15, 0.2) is 5.82 Å². The summed E-state index contributed by atoms with van der Waals surface area (Å²) in [7, 11) is 0. The number of aryl methyl sites for hydroxylation is 1. The summed E-state index contributed by atoms with van der Waals surface area (Å²) in [4.78, 5) is 13.5. The number of hydrogen-bond acceptors (Lipinski definition) is 5. The molecule has 0 aliphatic heterocycles. The van der Waals surface area contributed by atoms with Gasteiger partial charge < -0.3 is 15.0 Å². The fourth-order valence-electron chi connectivity index (χ4n) is 4.02. The van der Waals surface area contributed by atoms with E-state index in [9.17, 15) is 9.90 Å². The molecule has 4 rings (SSSR count). The smallest absolute Gasteiger partial charge is 0.261 e. The Labute approximate surface area is 151 Å². The minimum absolute atomic E-state index is 0.0861. The van der Waals surface area contributed by atoms with E-state index in [0.29, 0.717) is 11.7 Å². The van der Waals surface area contributed by atoms with Crippen LogP contribution >= 0.6 is 11.3 Å². The van der Waals surface area contributed by atoms with E-state index in [1.165, 1.54) is 24.0 Å². The summed E-state index contributed by atoms with van der Waals surface area (Å²) < 4.78 is 1.98. The minimum atomic E-state index is -0.0861. The number of rotatable bonds is 5. The highest BCUT2D eigenvalue weighted by Gasteiger charge is 2.36. The number of aliphatic hydroxyl groups excluding tert-OH is 1. The van der Waals surface area contributed by atoms with E-state index in [1.807, 2.05) is 11.5 Å². The van der Waals surface area contributed by atoms with Crippen LogP contribution in [0.1, 0.15) is 71.0 Å². The minimum Gasteiger partial charge on any atom is -0.388 e. The molecule has 2 aliphatic rings. The highest BCUT2D eigenvalue weighted by Crippen LogP contribution is 2.37. The van der Waals surface area contributed by atoms with Crippen LogP contribution in [0.4, 0.5) is 0 Å². The van der Waals surface area contributed by atoms with E-state index in [1.54, 1.807) is 11.3 Å². The van der Waals surface area contributed by atoms with Crippen molar-refractivity contribution in [3.8, 4) is 0 Å². The molecular formula is C18H24N4O2S. The van der Waals surface area contributed by atoms with Crippen LogP contribution in [-0.2, 0) is 26.0 Å². The molecule has 134 valence electrons. The molecule has 0 atom stereocenters. The molecule has 2 aliphatic carbocycles. The molecule has 0 saturated heterocycles. The Bertz CT molecular complexity index is 776. The maximum absolute atomic E-state index is 12.6. The first-order valence-corrected chi connectivity index (χ1v) is 10.0. The van der Waals surface area contributed by atoms with Crippen LogP contribution in [0.15, 0.2) is 5.38 Å². The highest BCUT2D eigenvalue weighted by atomic mass is 32.1. The van der Waals surface area contributed by atoms with Gasteiger partial charge in [-0.1, -0.05) is 0 Å². The molecule has 0 spiro atoms. The molecule has 2 heterocycles. The Morgan fingerprint density at radius 1 is 1.36 bits per heavy atom. The third kappa shape index (κ3) is 3.00. The predicted molar refractivity (Wildman–Crippen MR) is 95.8 cm³/mol. The van der Waals surface area contributed by atoms with Gasteiger partial charge in [-0.25, -0.2) is 0 Å². The normalized spacial score (nSPS) is 22.3. The van der Waals surface area contributed by atoms with Crippen molar-refractivity contribution in [1.29, 1.82) is 0 Å². The molecule has 7 heteroatoms. The number of aromatic nitrogens is 3. The molecule has 2 aromatic heterocycles. The summed E-state index contributed by atoms with van der Waals surface area (Å²) in [6, 6.07) is 0.207. The molecule has 1 amide bonds. The van der Waals surface area contributed by atoms with Crippen molar-refractivity contribution >= 4 is 17.2 Å². The zero-order chi connectivity index (χ0) is 17.4. The molecule has 0 radical (unpaired) electrons. The second-order valence-corrected chi connectivity index (χ2v) is 7.87. The van der Waals surface area contributed by atoms with Crippen molar-refractivity contribution in [2.45, 2.75) is 70.6 Å². The quantitative estimate of drug-likeness (QED) is 0.858. The van der Waals surface area contributed by atoms with E-state index < -0.39 is 0 Å². The number of carbonyl (C=O) groups excluding carboxylic acids is 1. The van der Waals surface area contributed by atoms with Gasteiger partial charge in [-0.15, -0.1) is 21.5 Å². The first-order valence-electron chi connectivity index (χ1n) is 9.14. The van der Waals surface area contributed by atoms with E-state index in [-0.39, 0.29) is 18.6 Å². The first kappa shape index (κ1) is 16.7. The number of aliphatic hydroxyl groups is 1. The zero-order valence-corrected chi connectivity index (χ0v) is 15.3. The Morgan fingerprint density at radius 3 is 2.92 bits per heavy atom. The fraction of sp³-hybridized carbons (Fsp3) is 0.611. The molecule has 25 heavy (non-hydrogen) atoms. The number of nitrogens with zero attached hydrogens (tertiary/aromatic N) is 3. The lowest BCUT2D eigenvalue weighted by Crippen LogP contribution is -2.44. The van der Waals surface area contributed by atoms with Crippen LogP contribution in [0.2, 0.25) is 0 Å². The van der Waals surface area contributed by atoms with Crippen molar-refractivity contribution in [1.82, 2.24) is 20.1 Å². The van der Waals surface area contributed by atoms with Gasteiger partial charge >= 0.3 is 0 Å². The van der Waals surface area contributed by atoms with Gasteiger partial charge in [-0.2, -0.15) is 0 Å². The van der Waals surface area contributed by atoms with Crippen LogP contribution in [0.25, 0.3) is 0 Å². The molecule has 1 saturated carbocycles. The second kappa shape index (κ2) is 6.88. The maximum Gasteiger partial charge on any atom is 0.261 e. The van der Waals surface area contributed by atoms with Crippen LogP contribution in [-0.4, -0.2) is 31.8 Å². The van der Waals surface area contributed by atoms with Crippen molar-refractivity contribution in [2.75, 3.05) is 0 Å². The molecule has 1 fully saturated rings. The third-order valence-corrected chi connectivity index (χ3v) is 6.53. The Morgan fingerprint density at radius 2 is 2.16 bits per heavy atom. The molecule has 2 aromatic rings. The highest BCUT2D eigenvalue weighted by molar-refractivity contribution is 7.12. The molecule has 6 nitrogen and oxygen atoms in total. The monoisotopic (exact) mass is 360 g/mol. The largest absolute Gasteiger partial charge is 0.388 e. The lowest BCUT2D eigenvalue weighted by Gasteiger charge is -2.35. The number of amides is 1. The standard InChI is InChI=1S/C18H24N4O2S/c1-2-22-15(9-23)20-21-17(22)12-7-13(8-12)19-18(24)16-14-6-4-3-5-11(14)10-25-16/h10,12-13,23H,2-9H2,1H3,(H,19,24). The van der Waals surface area contributed by atoms with E-state index in [2.05, 4.69) is 20.9 Å². The van der Waals surface area contributed by atoms with Gasteiger partial charge in [0, 0.05) is 18.5 Å². The summed E-state index contributed by atoms with van der Waals surface area (Å²) >= 11 is 1.59. The number of hydrogen-bond donors (Lipinski definition) is 2. The second-order valence-electron chi connectivity index (χ2n) is 6.99. The maximum atomic E-state index is 12.6. The average Bonchev–Trinajstić information content (AvgIpc) is 3.20. The van der Waals surface area contributed by atoms with Gasteiger partial charge in [0.25, 0.3) is 5.91 Å². The van der Waals surface area contributed by atoms with Crippen molar-refractivity contribution in [3.05, 3.63) is 33.0 Å². The van der Waals surface area contributed by atoms with Crippen LogP contribution in [0, 0.1) is 0 Å². The van der Waals surface area contributed by atoms with Crippen molar-refractivity contribution in [2.24, 2.45) is 0 Å². The molecule has 0 unspecified atom stereocenters. The average molecular weight is 360 g/mol. The van der Waals surface area contributed by atoms with Crippen LogP contribution < -0.4 is 5.32 Å². The first-order chi connectivity index (χ1) is 12.2. The summed E-state index contributed by atoms with van der Waals surface area (Å²) in [5, 5.41) is 23.0. The van der Waals surface area contributed by atoms with Gasteiger partial charge in [0.1, 0.15) is 12.4 Å². The van der Waals surface area contributed by atoms with E-state index in [0.717, 1.165) is 42.9 Å². The van der Waals surface area contributed by atoms with Crippen molar-refractivity contribution in [3.63, 3.8) is 0 Å². The molecule has 2 N–H and O–H groups in total. The number of nitrogens with one attached hydrogen (secondary N) is 1. The van der Waals surface area contributed by atoms with Gasteiger partial charge in [0.05, 0.1) is 4.88 Å². The zero-order valence-electron chi connectivity index (χ0n) is 14.5. The number of carbonyl (C=O) groups is 1. The molecular weight excluding hydrogens is 336 g/mol. The van der Waals surface area contributed by atoms with Crippen LogP contribution in [0.3, 0.4) is 0 Å². The van der Waals surface area contributed by atoms with Gasteiger partial charge in [-0.05, 0) is 62.0 Å². The van der Waals surface area contributed by atoms with Gasteiger partial charge in [-0.3, -0.25) is 4.79 Å². The van der Waals surface area contributed by atoms with E-state index >= 15 is 0 Å². The molecule has 0 aromatic carbocycles. The summed E-state index contributed by atoms with van der Waals surface area (Å²) in [5.74, 6) is 1.96. The SMILES string of the molecule is CCn1c(CO)nnc1C1CC(NC(=O)c2scc3c2CCCC3)C1. The number of thiophene rings is 1. The van der Waals surface area contributed by atoms with Crippen molar-refractivity contribution < 1.29 is 9.90 Å². The van der Waals surface area contributed by atoms with Crippen LogP contribution in [0.5, 0.6) is 0 Å². The number of fused-ring (bicyclic) bond motifs is 1. The third-order valence-electron chi connectivity index (χ3n) is 5.46. The summed E-state index contributed by atoms with van der Waals surface area (Å²) in [6.07, 6.45) is 6.37. The summed E-state index contributed by atoms with van der Waals surface area (Å²) in [5.41, 5.74) is 2.66.